The van der Waals surface area contributed by atoms with Crippen LogP contribution in [-0.4, -0.2) is 10.9 Å². The zero-order valence-electron chi connectivity index (χ0n) is 8.71. The summed E-state index contributed by atoms with van der Waals surface area (Å²) in [5.74, 6) is 0. The maximum Gasteiger partial charge on any atom is 0.164 e. The fraction of sp³-hybridized carbons (Fsp3) is 0.364. The van der Waals surface area contributed by atoms with E-state index in [9.17, 15) is 0 Å². The summed E-state index contributed by atoms with van der Waals surface area (Å²) in [4.78, 5) is 4.06. The number of halogens is 1. The number of nitrogens with one attached hydrogen (secondary N) is 1. The molecule has 0 saturated carbocycles. The van der Waals surface area contributed by atoms with Crippen molar-refractivity contribution in [1.29, 1.82) is 0 Å². The zero-order chi connectivity index (χ0) is 10.6. The summed E-state index contributed by atoms with van der Waals surface area (Å²) >= 11 is 2.18. The van der Waals surface area contributed by atoms with Crippen molar-refractivity contribution in [3.8, 4) is 0 Å². The Bertz CT molecular complexity index is 322. The van der Waals surface area contributed by atoms with E-state index in [-0.39, 0.29) is 5.41 Å². The molecule has 1 rings (SSSR count). The van der Waals surface area contributed by atoms with Gasteiger partial charge in [-0.15, -0.1) is 0 Å². The van der Waals surface area contributed by atoms with Crippen molar-refractivity contribution in [2.75, 3.05) is 7.05 Å². The first kappa shape index (κ1) is 11.5. The van der Waals surface area contributed by atoms with Crippen LogP contribution in [0.25, 0.3) is 0 Å². The molecule has 0 fully saturated rings. The molecule has 2 nitrogen and oxygen atoms in total. The Morgan fingerprint density at radius 3 is 2.79 bits per heavy atom. The molecule has 76 valence electrons. The van der Waals surface area contributed by atoms with Crippen LogP contribution in [0, 0.1) is 5.41 Å². The maximum atomic E-state index is 4.06. The molecule has 0 radical (unpaired) electrons. The molecule has 0 aliphatic heterocycles. The molecule has 0 atom stereocenters. The summed E-state index contributed by atoms with van der Waals surface area (Å²) in [7, 11) is 1.78. The number of hydrogen-bond acceptors (Lipinski definition) is 1. The Hall–Kier alpha value is -0.580. The van der Waals surface area contributed by atoms with Gasteiger partial charge in [0.2, 0.25) is 0 Å². The normalized spacial score (nSPS) is 20.3. The van der Waals surface area contributed by atoms with Crippen molar-refractivity contribution >= 4 is 26.4 Å². The fourth-order valence-electron chi connectivity index (χ4n) is 1.21. The number of amidine groups is 1. The molecule has 3 heteroatoms. The highest BCUT2D eigenvalue weighted by Gasteiger charge is 2.12. The van der Waals surface area contributed by atoms with Gasteiger partial charge >= 0.3 is 0 Å². The molecule has 0 unspecified atom stereocenters. The zero-order valence-corrected chi connectivity index (χ0v) is 10.9. The molecular weight excluding hydrogens is 287 g/mol. The van der Waals surface area contributed by atoms with E-state index in [0.717, 1.165) is 9.54 Å². The van der Waals surface area contributed by atoms with E-state index >= 15 is 0 Å². The van der Waals surface area contributed by atoms with Crippen molar-refractivity contribution in [3.05, 3.63) is 36.1 Å². The number of hydrogen-bond donors (Lipinski definition) is 1. The highest BCUT2D eigenvalue weighted by molar-refractivity contribution is 14.1. The van der Waals surface area contributed by atoms with Gasteiger partial charge in [-0.1, -0.05) is 38.2 Å². The van der Waals surface area contributed by atoms with Gasteiger partial charge in [0, 0.05) is 18.2 Å². The first-order valence-electron chi connectivity index (χ1n) is 4.51. The lowest BCUT2D eigenvalue weighted by atomic mass is 9.92. The first-order chi connectivity index (χ1) is 6.53. The van der Waals surface area contributed by atoms with Crippen LogP contribution in [0.3, 0.4) is 0 Å². The van der Waals surface area contributed by atoms with Gasteiger partial charge in [0.25, 0.3) is 0 Å². The minimum Gasteiger partial charge on any atom is -0.336 e. The smallest absolute Gasteiger partial charge is 0.164 e. The molecule has 0 spiro atoms. The molecule has 1 aliphatic carbocycles. The van der Waals surface area contributed by atoms with E-state index in [1.165, 1.54) is 0 Å². The van der Waals surface area contributed by atoms with Gasteiger partial charge in [-0.3, -0.25) is 4.99 Å². The summed E-state index contributed by atoms with van der Waals surface area (Å²) in [6, 6.07) is 0. The highest BCUT2D eigenvalue weighted by Crippen LogP contribution is 2.23. The van der Waals surface area contributed by atoms with Gasteiger partial charge in [0.15, 0.2) is 3.84 Å². The van der Waals surface area contributed by atoms with Crippen molar-refractivity contribution in [2.24, 2.45) is 10.4 Å². The van der Waals surface area contributed by atoms with Crippen molar-refractivity contribution in [2.45, 2.75) is 13.8 Å². The van der Waals surface area contributed by atoms with E-state index in [1.807, 2.05) is 6.08 Å². The molecule has 0 bridgehead atoms. The van der Waals surface area contributed by atoms with Crippen LogP contribution in [0.15, 0.2) is 41.1 Å². The van der Waals surface area contributed by atoms with Gasteiger partial charge in [0.05, 0.1) is 0 Å². The topological polar surface area (TPSA) is 24.4 Å². The predicted molar refractivity (Wildman–Crippen MR) is 70.7 cm³/mol. The molecule has 0 heterocycles. The summed E-state index contributed by atoms with van der Waals surface area (Å²) in [6.07, 6.45) is 10.5. The molecule has 0 amide bonds. The second kappa shape index (κ2) is 4.77. The lowest BCUT2D eigenvalue weighted by molar-refractivity contribution is 0.621. The molecule has 1 N–H and O–H groups in total. The largest absolute Gasteiger partial charge is 0.336 e. The van der Waals surface area contributed by atoms with E-state index in [2.05, 4.69) is 71.1 Å². The Kier molecular flexibility index (Phi) is 3.92. The molecule has 0 saturated heterocycles. The average Bonchev–Trinajstić information content (AvgIpc) is 2.26. The van der Waals surface area contributed by atoms with Gasteiger partial charge in [-0.25, -0.2) is 0 Å². The summed E-state index contributed by atoms with van der Waals surface area (Å²) in [5.41, 5.74) is 1.19. The van der Waals surface area contributed by atoms with E-state index in [4.69, 9.17) is 0 Å². The third-order valence-corrected chi connectivity index (χ3v) is 2.64. The summed E-state index contributed by atoms with van der Waals surface area (Å²) in [6.45, 7) is 4.35. The van der Waals surface area contributed by atoms with Gasteiger partial charge in [-0.05, 0) is 28.7 Å². The minimum atomic E-state index is 0.0937. The number of aliphatic imine (C=N–C) groups is 1. The second-order valence-electron chi connectivity index (χ2n) is 3.78. The third-order valence-electron chi connectivity index (χ3n) is 1.88. The standard InChI is InChI=1S/C11H15IN2/c1-11(2)7-5-4-6-9(8-11)14-10(12)13-3/h4-8H,1-3H3,(H,13,14). The lowest BCUT2D eigenvalue weighted by Gasteiger charge is -2.15. The Balaban J connectivity index is 2.84. The summed E-state index contributed by atoms with van der Waals surface area (Å²) < 4.78 is 0.899. The highest BCUT2D eigenvalue weighted by atomic mass is 127. The van der Waals surface area contributed by atoms with E-state index in [1.54, 1.807) is 7.05 Å². The van der Waals surface area contributed by atoms with Crippen LogP contribution in [0.5, 0.6) is 0 Å². The summed E-state index contributed by atoms with van der Waals surface area (Å²) in [5, 5.41) is 3.24. The number of nitrogens with zero attached hydrogens (tertiary/aromatic N) is 1. The van der Waals surface area contributed by atoms with E-state index in [0.29, 0.717) is 0 Å². The molecule has 0 aromatic rings. The second-order valence-corrected chi connectivity index (χ2v) is 4.80. The molecule has 14 heavy (non-hydrogen) atoms. The van der Waals surface area contributed by atoms with Crippen LogP contribution in [0.1, 0.15) is 13.8 Å². The maximum absolute atomic E-state index is 4.06. The number of allylic oxidation sites excluding steroid dienone is 5. The van der Waals surface area contributed by atoms with Gasteiger partial charge in [-0.2, -0.15) is 0 Å². The number of rotatable bonds is 1. The van der Waals surface area contributed by atoms with Crippen LogP contribution < -0.4 is 5.32 Å². The monoisotopic (exact) mass is 302 g/mol. The van der Waals surface area contributed by atoms with Crippen LogP contribution in [0.2, 0.25) is 0 Å². The Morgan fingerprint density at radius 2 is 2.14 bits per heavy atom. The molecule has 1 aliphatic rings. The first-order valence-corrected chi connectivity index (χ1v) is 5.59. The Morgan fingerprint density at radius 1 is 1.43 bits per heavy atom. The Labute approximate surface area is 99.0 Å². The molecular formula is C11H15IN2. The van der Waals surface area contributed by atoms with Crippen molar-refractivity contribution in [3.63, 3.8) is 0 Å². The van der Waals surface area contributed by atoms with Crippen LogP contribution in [0.4, 0.5) is 0 Å². The predicted octanol–water partition coefficient (Wildman–Crippen LogP) is 3.03. The molecule has 0 aromatic heterocycles. The molecule has 0 aromatic carbocycles. The minimum absolute atomic E-state index is 0.0937. The quantitative estimate of drug-likeness (QED) is 0.342. The van der Waals surface area contributed by atoms with Crippen LogP contribution in [-0.2, 0) is 0 Å². The van der Waals surface area contributed by atoms with Gasteiger partial charge in [0.1, 0.15) is 0 Å². The van der Waals surface area contributed by atoms with Crippen LogP contribution >= 0.6 is 22.6 Å². The SMILES string of the molecule is CN=C(I)NC1=CC(C)(C)C=CC=C1. The van der Waals surface area contributed by atoms with Crippen molar-refractivity contribution < 1.29 is 0 Å². The average molecular weight is 302 g/mol. The van der Waals surface area contributed by atoms with Crippen molar-refractivity contribution in [1.82, 2.24) is 5.32 Å². The van der Waals surface area contributed by atoms with Gasteiger partial charge < -0.3 is 5.32 Å². The van der Waals surface area contributed by atoms with E-state index < -0.39 is 0 Å². The third kappa shape index (κ3) is 3.65. The lowest BCUT2D eigenvalue weighted by Crippen LogP contribution is -2.17. The fourth-order valence-corrected chi connectivity index (χ4v) is 1.52.